The minimum Gasteiger partial charge on any atom is -0.308 e. The fourth-order valence-corrected chi connectivity index (χ4v) is 5.20. The Morgan fingerprint density at radius 2 is 1.45 bits per heavy atom. The van der Waals surface area contributed by atoms with Gasteiger partial charge in [0.2, 0.25) is 0 Å². The molecule has 1 nitrogen and oxygen atoms in total. The molecule has 0 amide bonds. The number of allylic oxidation sites excluding steroid dienone is 1. The van der Waals surface area contributed by atoms with Gasteiger partial charge < -0.3 is 4.57 Å². The van der Waals surface area contributed by atoms with Crippen molar-refractivity contribution in [2.24, 2.45) is 0 Å². The number of rotatable bonds is 5. The van der Waals surface area contributed by atoms with E-state index in [1.54, 1.807) is 0 Å². The monoisotopic (exact) mass is 282 g/mol. The molecule has 20 heavy (non-hydrogen) atoms. The van der Waals surface area contributed by atoms with E-state index in [1.165, 1.54) is 0 Å². The van der Waals surface area contributed by atoms with E-state index in [0.29, 0.717) is 0 Å². The third kappa shape index (κ3) is 2.70. The van der Waals surface area contributed by atoms with E-state index in [1.807, 2.05) is 60.7 Å². The lowest BCUT2D eigenvalue weighted by Gasteiger charge is -2.21. The summed E-state index contributed by atoms with van der Waals surface area (Å²) >= 11 is 0. The lowest BCUT2D eigenvalue weighted by Crippen LogP contribution is -2.17. The summed E-state index contributed by atoms with van der Waals surface area (Å²) in [6.45, 7) is 5.84. The first-order valence-corrected chi connectivity index (χ1v) is 8.55. The van der Waals surface area contributed by atoms with Crippen LogP contribution in [-0.4, -0.2) is 0 Å². The first-order valence-electron chi connectivity index (χ1n) is 6.84. The van der Waals surface area contributed by atoms with Crippen LogP contribution in [0.4, 0.5) is 0 Å². The van der Waals surface area contributed by atoms with Crippen LogP contribution in [0, 0.1) is 0 Å². The molecule has 0 spiro atoms. The van der Waals surface area contributed by atoms with Crippen molar-refractivity contribution in [2.75, 3.05) is 0 Å². The standard InChI is InChI=1S/C18H19OP/c1-3-11-16(4-2)20(19,17-12-7-5-8-13-17)18-14-9-6-10-15-18/h5-10,12-15H,2-3,11H2,1H3. The molecule has 0 N–H and O–H groups in total. The van der Waals surface area contributed by atoms with Crippen molar-refractivity contribution in [3.63, 3.8) is 0 Å². The average Bonchev–Trinajstić information content (AvgIpc) is 2.53. The van der Waals surface area contributed by atoms with E-state index in [0.717, 1.165) is 28.8 Å². The first-order chi connectivity index (χ1) is 9.73. The average molecular weight is 282 g/mol. The largest absolute Gasteiger partial charge is 0.308 e. The molecule has 0 saturated carbocycles. The molecule has 0 atom stereocenters. The third-order valence-electron chi connectivity index (χ3n) is 3.31. The summed E-state index contributed by atoms with van der Waals surface area (Å²) in [6, 6.07) is 19.3. The molecule has 2 heteroatoms. The van der Waals surface area contributed by atoms with E-state index >= 15 is 0 Å². The zero-order valence-electron chi connectivity index (χ0n) is 11.8. The highest BCUT2D eigenvalue weighted by molar-refractivity contribution is 7.82. The second-order valence-electron chi connectivity index (χ2n) is 4.65. The van der Waals surface area contributed by atoms with Gasteiger partial charge in [0.25, 0.3) is 0 Å². The third-order valence-corrected chi connectivity index (χ3v) is 6.50. The van der Waals surface area contributed by atoms with Crippen LogP contribution in [-0.2, 0) is 4.57 Å². The maximum absolute atomic E-state index is 13.8. The molecule has 0 aliphatic carbocycles. The van der Waals surface area contributed by atoms with Gasteiger partial charge >= 0.3 is 0 Å². The maximum atomic E-state index is 13.8. The lowest BCUT2D eigenvalue weighted by molar-refractivity contribution is 0.589. The Labute approximate surface area is 121 Å². The Balaban J connectivity index is 2.68. The number of hydrogen-bond donors (Lipinski definition) is 0. The second-order valence-corrected chi connectivity index (χ2v) is 7.45. The second kappa shape index (κ2) is 6.57. The molecule has 0 aromatic heterocycles. The van der Waals surface area contributed by atoms with Crippen molar-refractivity contribution in [3.8, 4) is 0 Å². The van der Waals surface area contributed by atoms with Gasteiger partial charge in [0.15, 0.2) is 7.14 Å². The Morgan fingerprint density at radius 1 is 1.00 bits per heavy atom. The van der Waals surface area contributed by atoms with E-state index in [9.17, 15) is 4.57 Å². The minimum atomic E-state index is -2.81. The molecule has 102 valence electrons. The van der Waals surface area contributed by atoms with Crippen molar-refractivity contribution in [1.82, 2.24) is 0 Å². The molecule has 0 unspecified atom stereocenters. The topological polar surface area (TPSA) is 17.1 Å². The normalized spacial score (nSPS) is 10.8. The molecule has 0 fully saturated rings. The minimum absolute atomic E-state index is 0.755. The molecule has 2 rings (SSSR count). The Kier molecular flexibility index (Phi) is 4.79. The summed E-state index contributed by atoms with van der Waals surface area (Å²) in [5.41, 5.74) is 2.94. The number of benzene rings is 2. The first kappa shape index (κ1) is 14.6. The zero-order chi connectivity index (χ0) is 14.4. The van der Waals surface area contributed by atoms with Crippen LogP contribution in [0.25, 0.3) is 0 Å². The molecule has 2 aromatic carbocycles. The highest BCUT2D eigenvalue weighted by atomic mass is 31.2. The molecule has 0 bridgehead atoms. The van der Waals surface area contributed by atoms with Crippen LogP contribution < -0.4 is 10.6 Å². The maximum Gasteiger partial charge on any atom is 0.174 e. The van der Waals surface area contributed by atoms with E-state index in [2.05, 4.69) is 19.2 Å². The van der Waals surface area contributed by atoms with Gasteiger partial charge in [0.1, 0.15) is 0 Å². The molecule has 0 saturated heterocycles. The Morgan fingerprint density at radius 3 is 1.80 bits per heavy atom. The fraction of sp³-hybridized carbons (Fsp3) is 0.167. The summed E-state index contributed by atoms with van der Waals surface area (Å²) < 4.78 is 13.8. The molecular formula is C18H19OP. The van der Waals surface area contributed by atoms with Gasteiger partial charge in [-0.2, -0.15) is 0 Å². The number of hydrogen-bond acceptors (Lipinski definition) is 1. The summed E-state index contributed by atoms with van der Waals surface area (Å²) in [6.07, 6.45) is 1.69. The van der Waals surface area contributed by atoms with Crippen LogP contribution in [0.5, 0.6) is 0 Å². The smallest absolute Gasteiger partial charge is 0.174 e. The van der Waals surface area contributed by atoms with Crippen LogP contribution in [0.2, 0.25) is 0 Å². The van der Waals surface area contributed by atoms with E-state index < -0.39 is 7.14 Å². The van der Waals surface area contributed by atoms with Crippen LogP contribution >= 0.6 is 7.14 Å². The molecule has 0 aliphatic heterocycles. The van der Waals surface area contributed by atoms with E-state index in [-0.39, 0.29) is 0 Å². The summed E-state index contributed by atoms with van der Waals surface area (Å²) in [5.74, 6) is 0. The van der Waals surface area contributed by atoms with Gasteiger partial charge in [-0.05, 0) is 6.42 Å². The van der Waals surface area contributed by atoms with Crippen molar-refractivity contribution >= 4 is 17.8 Å². The summed E-state index contributed by atoms with van der Waals surface area (Å²) in [5, 5.41) is 2.52. The lowest BCUT2D eigenvalue weighted by atomic mass is 10.3. The van der Waals surface area contributed by atoms with Crippen LogP contribution in [0.3, 0.4) is 0 Å². The highest BCUT2D eigenvalue weighted by Gasteiger charge is 2.30. The molecule has 0 aliphatic rings. The summed E-state index contributed by atoms with van der Waals surface area (Å²) in [7, 11) is -2.81. The quantitative estimate of drug-likeness (QED) is 0.584. The molecule has 0 radical (unpaired) electrons. The molecule has 0 heterocycles. The zero-order valence-corrected chi connectivity index (χ0v) is 12.6. The van der Waals surface area contributed by atoms with Gasteiger partial charge in [0.05, 0.1) is 0 Å². The molecule has 2 aromatic rings. The van der Waals surface area contributed by atoms with E-state index in [4.69, 9.17) is 0 Å². The summed E-state index contributed by atoms with van der Waals surface area (Å²) in [4.78, 5) is 0. The van der Waals surface area contributed by atoms with Crippen molar-refractivity contribution in [3.05, 3.63) is 78.3 Å². The highest BCUT2D eigenvalue weighted by Crippen LogP contribution is 2.52. The van der Waals surface area contributed by atoms with Gasteiger partial charge in [-0.1, -0.05) is 80.6 Å². The van der Waals surface area contributed by atoms with Gasteiger partial charge in [0, 0.05) is 15.9 Å². The van der Waals surface area contributed by atoms with Gasteiger partial charge in [-0.15, -0.1) is 5.73 Å². The predicted molar refractivity (Wildman–Crippen MR) is 87.3 cm³/mol. The van der Waals surface area contributed by atoms with Crippen molar-refractivity contribution in [2.45, 2.75) is 19.8 Å². The van der Waals surface area contributed by atoms with Crippen LogP contribution in [0.1, 0.15) is 19.8 Å². The van der Waals surface area contributed by atoms with Crippen LogP contribution in [0.15, 0.2) is 78.3 Å². The molecular weight excluding hydrogens is 263 g/mol. The van der Waals surface area contributed by atoms with Crippen molar-refractivity contribution < 1.29 is 4.57 Å². The SMILES string of the molecule is C=C=C(CCC)P(=O)(c1ccccc1)c1ccccc1. The Hall–Kier alpha value is -1.81. The van der Waals surface area contributed by atoms with Gasteiger partial charge in [-0.3, -0.25) is 0 Å². The predicted octanol–water partition coefficient (Wildman–Crippen LogP) is 4.47. The fourth-order valence-electron chi connectivity index (χ4n) is 2.33. The van der Waals surface area contributed by atoms with Crippen molar-refractivity contribution in [1.29, 1.82) is 0 Å². The van der Waals surface area contributed by atoms with Gasteiger partial charge in [-0.25, -0.2) is 0 Å². The Bertz CT molecular complexity index is 609.